The van der Waals surface area contributed by atoms with Crippen molar-refractivity contribution in [3.8, 4) is 0 Å². The van der Waals surface area contributed by atoms with E-state index in [4.69, 9.17) is 0 Å². The van der Waals surface area contributed by atoms with Crippen molar-refractivity contribution < 1.29 is 0 Å². The van der Waals surface area contributed by atoms with E-state index in [0.29, 0.717) is 0 Å². The largest absolute Gasteiger partial charge is 0.0870 e. The summed E-state index contributed by atoms with van der Waals surface area (Å²) in [5.41, 5.74) is 5.37. The van der Waals surface area contributed by atoms with E-state index < -0.39 is 0 Å². The zero-order valence-corrected chi connectivity index (χ0v) is 9.46. The molecular weight excluding hydrogens is 168 g/mol. The summed E-state index contributed by atoms with van der Waals surface area (Å²) >= 11 is 0. The second kappa shape index (κ2) is 4.80. The van der Waals surface area contributed by atoms with E-state index in [9.17, 15) is 0 Å². The molecule has 1 rings (SSSR count). The molecule has 74 valence electrons. The number of hydrogen-bond acceptors (Lipinski definition) is 0. The molecular formula is C14H18. The minimum absolute atomic E-state index is 1.34. The van der Waals surface area contributed by atoms with Gasteiger partial charge in [-0.1, -0.05) is 42.0 Å². The third-order valence-electron chi connectivity index (χ3n) is 2.31. The van der Waals surface area contributed by atoms with Gasteiger partial charge in [0.2, 0.25) is 0 Å². The van der Waals surface area contributed by atoms with Gasteiger partial charge in [-0.2, -0.15) is 0 Å². The first kappa shape index (κ1) is 10.8. The van der Waals surface area contributed by atoms with Crippen molar-refractivity contribution in [2.24, 2.45) is 0 Å². The fourth-order valence-electron chi connectivity index (χ4n) is 1.57. The predicted molar refractivity (Wildman–Crippen MR) is 64.3 cm³/mol. The van der Waals surface area contributed by atoms with Crippen LogP contribution in [0.1, 0.15) is 31.9 Å². The smallest absolute Gasteiger partial charge is 0.0156 e. The molecule has 0 nitrogen and oxygen atoms in total. The summed E-state index contributed by atoms with van der Waals surface area (Å²) in [6, 6.07) is 8.51. The van der Waals surface area contributed by atoms with Gasteiger partial charge in [0.05, 0.1) is 0 Å². The van der Waals surface area contributed by atoms with E-state index in [1.165, 1.54) is 22.3 Å². The van der Waals surface area contributed by atoms with Crippen molar-refractivity contribution in [2.75, 3.05) is 0 Å². The van der Waals surface area contributed by atoms with Gasteiger partial charge in [-0.3, -0.25) is 0 Å². The topological polar surface area (TPSA) is 0 Å². The Balaban J connectivity index is 3.27. The highest BCUT2D eigenvalue weighted by molar-refractivity contribution is 5.77. The Morgan fingerprint density at radius 3 is 2.29 bits per heavy atom. The van der Waals surface area contributed by atoms with E-state index in [0.717, 1.165) is 0 Å². The maximum Gasteiger partial charge on any atom is -0.0156 e. The van der Waals surface area contributed by atoms with Crippen LogP contribution in [0, 0.1) is 6.92 Å². The first-order valence-corrected chi connectivity index (χ1v) is 5.03. The van der Waals surface area contributed by atoms with Gasteiger partial charge in [0.1, 0.15) is 0 Å². The Hall–Kier alpha value is -1.30. The minimum Gasteiger partial charge on any atom is -0.0870 e. The maximum atomic E-state index is 2.18. The molecule has 14 heavy (non-hydrogen) atoms. The van der Waals surface area contributed by atoms with Crippen LogP contribution in [-0.4, -0.2) is 0 Å². The molecule has 0 atom stereocenters. The third-order valence-corrected chi connectivity index (χ3v) is 2.31. The molecule has 0 N–H and O–H groups in total. The van der Waals surface area contributed by atoms with Gasteiger partial charge < -0.3 is 0 Å². The van der Waals surface area contributed by atoms with Gasteiger partial charge in [-0.05, 0) is 44.4 Å². The Morgan fingerprint density at radius 1 is 1.14 bits per heavy atom. The summed E-state index contributed by atoms with van der Waals surface area (Å²) in [5.74, 6) is 0. The van der Waals surface area contributed by atoms with Crippen LogP contribution in [0.25, 0.3) is 5.57 Å². The fourth-order valence-corrected chi connectivity index (χ4v) is 1.57. The molecule has 0 spiro atoms. The molecule has 0 aromatic heterocycles. The van der Waals surface area contributed by atoms with E-state index in [2.05, 4.69) is 64.1 Å². The first-order chi connectivity index (χ1) is 6.66. The van der Waals surface area contributed by atoms with Gasteiger partial charge in [0.25, 0.3) is 0 Å². The second-order valence-corrected chi connectivity index (χ2v) is 3.73. The van der Waals surface area contributed by atoms with Crippen LogP contribution in [0.5, 0.6) is 0 Å². The van der Waals surface area contributed by atoms with Gasteiger partial charge in [-0.15, -0.1) is 0 Å². The molecule has 0 unspecified atom stereocenters. The van der Waals surface area contributed by atoms with Crippen LogP contribution in [0.2, 0.25) is 0 Å². The Kier molecular flexibility index (Phi) is 3.70. The van der Waals surface area contributed by atoms with Gasteiger partial charge >= 0.3 is 0 Å². The highest BCUT2D eigenvalue weighted by atomic mass is 14.1. The molecule has 0 aliphatic heterocycles. The second-order valence-electron chi connectivity index (χ2n) is 3.73. The van der Waals surface area contributed by atoms with E-state index in [1.54, 1.807) is 0 Å². The molecule has 1 aromatic rings. The van der Waals surface area contributed by atoms with Crippen molar-refractivity contribution in [1.29, 1.82) is 0 Å². The van der Waals surface area contributed by atoms with Gasteiger partial charge in [-0.25, -0.2) is 0 Å². The lowest BCUT2D eigenvalue weighted by atomic mass is 9.97. The quantitative estimate of drug-likeness (QED) is 0.602. The average Bonchev–Trinajstić information content (AvgIpc) is 2.15. The Morgan fingerprint density at radius 2 is 1.79 bits per heavy atom. The summed E-state index contributed by atoms with van der Waals surface area (Å²) in [4.78, 5) is 0. The SMILES string of the molecule is CC=CC(=C(C)C)c1ccccc1C. The summed E-state index contributed by atoms with van der Waals surface area (Å²) in [6.45, 7) is 8.52. The molecule has 0 aliphatic rings. The molecule has 0 saturated heterocycles. The number of aryl methyl sites for hydroxylation is 1. The van der Waals surface area contributed by atoms with Crippen LogP contribution in [0.4, 0.5) is 0 Å². The molecule has 0 radical (unpaired) electrons. The van der Waals surface area contributed by atoms with Crippen molar-refractivity contribution >= 4 is 5.57 Å². The van der Waals surface area contributed by atoms with Crippen molar-refractivity contribution in [3.05, 3.63) is 53.1 Å². The van der Waals surface area contributed by atoms with Crippen LogP contribution >= 0.6 is 0 Å². The molecule has 1 aromatic carbocycles. The lowest BCUT2D eigenvalue weighted by molar-refractivity contribution is 1.36. The number of allylic oxidation sites excluding steroid dienone is 4. The molecule has 0 heteroatoms. The molecule has 0 bridgehead atoms. The number of hydrogen-bond donors (Lipinski definition) is 0. The Bertz CT molecular complexity index is 363. The first-order valence-electron chi connectivity index (χ1n) is 5.03. The zero-order valence-electron chi connectivity index (χ0n) is 9.46. The average molecular weight is 186 g/mol. The lowest BCUT2D eigenvalue weighted by Gasteiger charge is -2.08. The lowest BCUT2D eigenvalue weighted by Crippen LogP contribution is -1.87. The van der Waals surface area contributed by atoms with Gasteiger partial charge in [0.15, 0.2) is 0 Å². The summed E-state index contributed by atoms with van der Waals surface area (Å²) in [7, 11) is 0. The number of rotatable bonds is 2. The van der Waals surface area contributed by atoms with Crippen molar-refractivity contribution in [1.82, 2.24) is 0 Å². The monoisotopic (exact) mass is 186 g/mol. The van der Waals surface area contributed by atoms with E-state index in [-0.39, 0.29) is 0 Å². The minimum atomic E-state index is 1.34. The molecule has 0 fully saturated rings. The van der Waals surface area contributed by atoms with Crippen molar-refractivity contribution in [3.63, 3.8) is 0 Å². The summed E-state index contributed by atoms with van der Waals surface area (Å²) in [5, 5.41) is 0. The van der Waals surface area contributed by atoms with E-state index in [1.807, 2.05) is 0 Å². The van der Waals surface area contributed by atoms with Crippen LogP contribution in [0.3, 0.4) is 0 Å². The molecule has 0 saturated carbocycles. The van der Waals surface area contributed by atoms with Crippen LogP contribution < -0.4 is 0 Å². The fraction of sp³-hybridized carbons (Fsp3) is 0.286. The molecule has 0 aliphatic carbocycles. The van der Waals surface area contributed by atoms with Gasteiger partial charge in [0, 0.05) is 0 Å². The standard InChI is InChI=1S/C14H18/c1-5-8-13(11(2)3)14-10-7-6-9-12(14)4/h5-10H,1-4H3. The highest BCUT2D eigenvalue weighted by Crippen LogP contribution is 2.23. The molecule has 0 heterocycles. The summed E-state index contributed by atoms with van der Waals surface area (Å²) in [6.07, 6.45) is 4.27. The number of benzene rings is 1. The third kappa shape index (κ3) is 2.35. The summed E-state index contributed by atoms with van der Waals surface area (Å²) < 4.78 is 0. The normalized spacial score (nSPS) is 10.6. The zero-order chi connectivity index (χ0) is 10.6. The maximum absolute atomic E-state index is 2.18. The predicted octanol–water partition coefficient (Wildman–Crippen LogP) is 4.36. The Labute approximate surface area is 87.0 Å². The van der Waals surface area contributed by atoms with E-state index >= 15 is 0 Å². The molecule has 0 amide bonds. The van der Waals surface area contributed by atoms with Crippen LogP contribution in [0.15, 0.2) is 42.0 Å². The highest BCUT2D eigenvalue weighted by Gasteiger charge is 2.01. The van der Waals surface area contributed by atoms with Crippen LogP contribution in [-0.2, 0) is 0 Å². The van der Waals surface area contributed by atoms with Crippen molar-refractivity contribution in [2.45, 2.75) is 27.7 Å².